The summed E-state index contributed by atoms with van der Waals surface area (Å²) in [5.74, 6) is 0. The molecular formula is C6H9Cl6NO4Zn. The van der Waals surface area contributed by atoms with Crippen LogP contribution in [0, 0.1) is 10.1 Å². The molecule has 0 saturated heterocycles. The smallest absolute Gasteiger partial charge is 0.291 e. The predicted molar refractivity (Wildman–Crippen MR) is 70.2 cm³/mol. The Balaban J connectivity index is -0.000000332. The van der Waals surface area contributed by atoms with Gasteiger partial charge in [-0.3, -0.25) is 0 Å². The largest absolute Gasteiger partial charge is 0.412 e. The molecule has 0 atom stereocenters. The van der Waals surface area contributed by atoms with E-state index >= 15 is 0 Å². The Kier molecular flexibility index (Phi) is 15.3. The number of halogens is 6. The molecule has 18 heavy (non-hydrogen) atoms. The van der Waals surface area contributed by atoms with Gasteiger partial charge in [0.15, 0.2) is 0 Å². The molecule has 1 saturated carbocycles. The molecule has 0 amide bonds. The van der Waals surface area contributed by atoms with E-state index in [4.69, 9.17) is 84.9 Å². The van der Waals surface area contributed by atoms with Crippen molar-refractivity contribution in [3.8, 4) is 0 Å². The normalized spacial score (nSPS) is 38.3. The van der Waals surface area contributed by atoms with Crippen LogP contribution in [0.4, 0.5) is 0 Å². The van der Waals surface area contributed by atoms with Gasteiger partial charge in [-0.05, 0) is 0 Å². The van der Waals surface area contributed by atoms with Crippen LogP contribution >= 0.6 is 69.6 Å². The average molecular weight is 437 g/mol. The molecule has 0 bridgehead atoms. The Morgan fingerprint density at radius 2 is 0.833 bits per heavy atom. The summed E-state index contributed by atoms with van der Waals surface area (Å²) in [6.45, 7) is 0. The molecule has 0 unspecified atom stereocenters. The van der Waals surface area contributed by atoms with Crippen molar-refractivity contribution in [3.05, 3.63) is 10.1 Å². The number of hydrogen-bond donors (Lipinski definition) is 1. The molecule has 3 N–H and O–H groups in total. The summed E-state index contributed by atoms with van der Waals surface area (Å²) >= 11 is 35.3. The molecule has 0 spiro atoms. The molecule has 0 aromatic heterocycles. The van der Waals surface area contributed by atoms with E-state index in [0.717, 1.165) is 0 Å². The Labute approximate surface area is 146 Å². The van der Waals surface area contributed by atoms with Crippen molar-refractivity contribution in [3.63, 3.8) is 0 Å². The number of hydrogen-bond acceptors (Lipinski definition) is 2. The fraction of sp³-hybridized carbons (Fsp3) is 1.00. The molecule has 0 heterocycles. The van der Waals surface area contributed by atoms with Gasteiger partial charge < -0.3 is 10.7 Å². The minimum absolute atomic E-state index is 0. The van der Waals surface area contributed by atoms with Crippen molar-refractivity contribution in [2.24, 2.45) is 0 Å². The Bertz CT molecular complexity index is 190. The van der Waals surface area contributed by atoms with Crippen LogP contribution in [0.25, 0.3) is 0 Å². The van der Waals surface area contributed by atoms with Gasteiger partial charge >= 0.3 is 0 Å². The second-order valence-corrected chi connectivity index (χ2v) is 5.93. The van der Waals surface area contributed by atoms with E-state index in [2.05, 4.69) is 0 Å². The average Bonchev–Trinajstić information content (AvgIpc) is 2.20. The van der Waals surface area contributed by atoms with E-state index in [0.29, 0.717) is 0 Å². The Morgan fingerprint density at radius 1 is 0.778 bits per heavy atom. The van der Waals surface area contributed by atoms with Crippen LogP contribution in [0.3, 0.4) is 0 Å². The van der Waals surface area contributed by atoms with Gasteiger partial charge in [-0.1, -0.05) is 0 Å². The minimum atomic E-state index is -1.50. The quantitative estimate of drug-likeness (QED) is 0.273. The van der Waals surface area contributed by atoms with Crippen LogP contribution in [0.5, 0.6) is 0 Å². The van der Waals surface area contributed by atoms with E-state index in [1.165, 1.54) is 0 Å². The van der Waals surface area contributed by atoms with E-state index in [9.17, 15) is 0 Å². The molecular weight excluding hydrogens is 428 g/mol. The third-order valence-electron chi connectivity index (χ3n) is 1.83. The van der Waals surface area contributed by atoms with Crippen LogP contribution < -0.4 is 0 Å². The van der Waals surface area contributed by atoms with Gasteiger partial charge in [0.05, 0.1) is 32.3 Å². The zero-order chi connectivity index (χ0) is 13.0. The van der Waals surface area contributed by atoms with E-state index in [1.54, 1.807) is 0 Å². The predicted octanol–water partition coefficient (Wildman–Crippen LogP) is 2.47. The maximum absolute atomic E-state index is 8.36. The van der Waals surface area contributed by atoms with Gasteiger partial charge in [0.25, 0.3) is 5.09 Å². The first-order valence-corrected chi connectivity index (χ1v) is 6.49. The molecule has 0 radical (unpaired) electrons. The molecule has 106 valence electrons. The third-order valence-corrected chi connectivity index (χ3v) is 5.86. The van der Waals surface area contributed by atoms with Crippen molar-refractivity contribution in [1.82, 2.24) is 0 Å². The van der Waals surface area contributed by atoms with Gasteiger partial charge in [-0.25, -0.2) is 0 Å². The van der Waals surface area contributed by atoms with Crippen LogP contribution in [-0.4, -0.2) is 48.0 Å². The van der Waals surface area contributed by atoms with Gasteiger partial charge in [0, 0.05) is 19.5 Å². The summed E-state index contributed by atoms with van der Waals surface area (Å²) in [4.78, 5) is 8.36. The first-order valence-electron chi connectivity index (χ1n) is 3.87. The van der Waals surface area contributed by atoms with Crippen molar-refractivity contribution in [2.75, 3.05) is 0 Å². The fourth-order valence-corrected chi connectivity index (χ4v) is 3.38. The molecule has 0 aromatic rings. The monoisotopic (exact) mass is 433 g/mol. The summed E-state index contributed by atoms with van der Waals surface area (Å²) < 4.78 is 0. The third kappa shape index (κ3) is 7.34. The second-order valence-electron chi connectivity index (χ2n) is 2.90. The number of alkyl halides is 6. The molecule has 1 fully saturated rings. The molecule has 12 heteroatoms. The van der Waals surface area contributed by atoms with Gasteiger partial charge in [0.2, 0.25) is 0 Å². The first-order chi connectivity index (χ1) is 7.20. The van der Waals surface area contributed by atoms with Gasteiger partial charge in [-0.15, -0.1) is 79.7 Å². The fourth-order valence-electron chi connectivity index (χ4n) is 1.05. The van der Waals surface area contributed by atoms with E-state index in [1.807, 2.05) is 0 Å². The molecule has 0 aliphatic heterocycles. The number of rotatable bonds is 0. The maximum atomic E-state index is 8.36. The molecule has 0 aromatic carbocycles. The van der Waals surface area contributed by atoms with Crippen molar-refractivity contribution >= 4 is 69.6 Å². The van der Waals surface area contributed by atoms with Gasteiger partial charge in [0.1, 0.15) is 0 Å². The SMILES string of the molecule is ClC1C(Cl)C(Cl)C(Cl)C(Cl)C1Cl.O.O=[N+]([O-])O.[Zn]. The van der Waals surface area contributed by atoms with E-state index in [-0.39, 0.29) is 25.0 Å². The molecule has 5 nitrogen and oxygen atoms in total. The van der Waals surface area contributed by atoms with Crippen LogP contribution in [0.1, 0.15) is 0 Å². The molecule has 1 aliphatic rings. The van der Waals surface area contributed by atoms with Crippen LogP contribution in [0.2, 0.25) is 0 Å². The summed E-state index contributed by atoms with van der Waals surface area (Å²) in [6.07, 6.45) is 0. The topological polar surface area (TPSA) is 94.9 Å². The van der Waals surface area contributed by atoms with Crippen LogP contribution in [0.15, 0.2) is 0 Å². The summed E-state index contributed by atoms with van der Waals surface area (Å²) in [5, 5.41) is 11.0. The Hall–Kier alpha value is 1.52. The first kappa shape index (κ1) is 24.5. The maximum Gasteiger partial charge on any atom is 0.291 e. The summed E-state index contributed by atoms with van der Waals surface area (Å²) in [5.41, 5.74) is 0. The van der Waals surface area contributed by atoms with Gasteiger partial charge in [-0.2, -0.15) is 0 Å². The van der Waals surface area contributed by atoms with Crippen molar-refractivity contribution in [1.29, 1.82) is 0 Å². The summed E-state index contributed by atoms with van der Waals surface area (Å²) in [7, 11) is 0. The zero-order valence-electron chi connectivity index (χ0n) is 8.65. The molecule has 1 rings (SSSR count). The second kappa shape index (κ2) is 11.2. The minimum Gasteiger partial charge on any atom is -0.412 e. The van der Waals surface area contributed by atoms with E-state index < -0.39 is 37.3 Å². The standard InChI is InChI=1S/C6H6Cl6.HNO3.H2O.Zn/c7-1-2(8)4(10)6(12)5(11)3(1)9;2-1(3)4;;/h1-6H;(H,2,3,4);1H2;. The molecule has 1 aliphatic carbocycles. The van der Waals surface area contributed by atoms with Crippen LogP contribution in [-0.2, 0) is 19.5 Å². The Morgan fingerprint density at radius 3 is 0.889 bits per heavy atom. The number of nitrogens with zero attached hydrogens (tertiary/aromatic N) is 1. The van der Waals surface area contributed by atoms with Crippen molar-refractivity contribution in [2.45, 2.75) is 32.3 Å². The zero-order valence-corrected chi connectivity index (χ0v) is 16.2. The summed E-state index contributed by atoms with van der Waals surface area (Å²) in [6, 6.07) is 0. The van der Waals surface area contributed by atoms with Crippen molar-refractivity contribution < 1.29 is 35.2 Å².